The van der Waals surface area contributed by atoms with Gasteiger partial charge in [-0.2, -0.15) is 0 Å². The van der Waals surface area contributed by atoms with Crippen LogP contribution in [0.4, 0.5) is 0 Å². The fourth-order valence-corrected chi connectivity index (χ4v) is 2.59. The summed E-state index contributed by atoms with van der Waals surface area (Å²) in [6.45, 7) is 8.27. The average Bonchev–Trinajstić information content (AvgIpc) is 2.81. The highest BCUT2D eigenvalue weighted by molar-refractivity contribution is 5.75. The lowest BCUT2D eigenvalue weighted by Crippen LogP contribution is -2.19. The van der Waals surface area contributed by atoms with Gasteiger partial charge in [0.05, 0.1) is 18.0 Å². The quantitative estimate of drug-likeness (QED) is 0.790. The van der Waals surface area contributed by atoms with E-state index in [0.29, 0.717) is 6.04 Å². The Labute approximate surface area is 113 Å². The first-order valence-corrected chi connectivity index (χ1v) is 6.96. The Morgan fingerprint density at radius 2 is 1.95 bits per heavy atom. The van der Waals surface area contributed by atoms with E-state index in [1.54, 1.807) is 0 Å². The van der Waals surface area contributed by atoms with Gasteiger partial charge in [0.25, 0.3) is 0 Å². The van der Waals surface area contributed by atoms with Crippen LogP contribution in [0.3, 0.4) is 0 Å². The van der Waals surface area contributed by atoms with Crippen LogP contribution >= 0.6 is 0 Å². The van der Waals surface area contributed by atoms with Crippen molar-refractivity contribution in [3.8, 4) is 0 Å². The van der Waals surface area contributed by atoms with E-state index in [1.807, 2.05) is 12.5 Å². The number of rotatable bonds is 1. The molecule has 0 saturated carbocycles. The van der Waals surface area contributed by atoms with Gasteiger partial charge in [0.15, 0.2) is 0 Å². The summed E-state index contributed by atoms with van der Waals surface area (Å²) in [6, 6.07) is 2.70. The summed E-state index contributed by atoms with van der Waals surface area (Å²) in [7, 11) is 0. The molecule has 3 heterocycles. The van der Waals surface area contributed by atoms with Crippen molar-refractivity contribution in [3.63, 3.8) is 0 Å². The molecule has 4 heteroatoms. The monoisotopic (exact) mass is 259 g/mol. The molecule has 0 aliphatic carbocycles. The Balaban J connectivity index is 2.05. The molecule has 19 heavy (non-hydrogen) atoms. The minimum atomic E-state index is 0.0684. The van der Waals surface area contributed by atoms with Crippen molar-refractivity contribution >= 4 is 11.0 Å². The zero-order valence-electron chi connectivity index (χ0n) is 11.9. The topological polar surface area (TPSA) is 39.9 Å². The van der Waals surface area contributed by atoms with Gasteiger partial charge in [-0.25, -0.2) is 4.98 Å². The first kappa shape index (κ1) is 12.6. The normalized spacial score (nSPS) is 18.1. The number of nitrogens with zero attached hydrogens (tertiary/aromatic N) is 3. The molecule has 1 saturated heterocycles. The first-order chi connectivity index (χ1) is 9.05. The maximum absolute atomic E-state index is 5.44. The Bertz CT molecular complexity index is 577. The summed E-state index contributed by atoms with van der Waals surface area (Å²) in [5, 5.41) is 0. The summed E-state index contributed by atoms with van der Waals surface area (Å²) >= 11 is 0. The van der Waals surface area contributed by atoms with Crippen molar-refractivity contribution < 1.29 is 4.74 Å². The van der Waals surface area contributed by atoms with Crippen LogP contribution in [0.1, 0.15) is 45.3 Å². The van der Waals surface area contributed by atoms with Crippen molar-refractivity contribution in [1.29, 1.82) is 0 Å². The second-order valence-corrected chi connectivity index (χ2v) is 6.30. The summed E-state index contributed by atoms with van der Waals surface area (Å²) in [5.41, 5.74) is 3.37. The Morgan fingerprint density at radius 3 is 2.63 bits per heavy atom. The minimum absolute atomic E-state index is 0.0684. The minimum Gasteiger partial charge on any atom is -0.381 e. The van der Waals surface area contributed by atoms with Crippen LogP contribution in [-0.2, 0) is 10.2 Å². The van der Waals surface area contributed by atoms with Crippen LogP contribution in [0.5, 0.6) is 0 Å². The number of fused-ring (bicyclic) bond motifs is 1. The average molecular weight is 259 g/mol. The maximum atomic E-state index is 5.44. The Hall–Kier alpha value is -1.42. The molecule has 1 fully saturated rings. The molecule has 2 aromatic rings. The van der Waals surface area contributed by atoms with Crippen LogP contribution in [0.25, 0.3) is 11.0 Å². The summed E-state index contributed by atoms with van der Waals surface area (Å²) in [5.74, 6) is 0. The third-order valence-corrected chi connectivity index (χ3v) is 3.81. The molecule has 1 aliphatic rings. The van der Waals surface area contributed by atoms with E-state index in [0.717, 1.165) is 37.3 Å². The molecule has 0 unspecified atom stereocenters. The second kappa shape index (κ2) is 4.60. The standard InChI is InChI=1S/C15H21N3O/c1-15(2,3)14-8-13-12(9-16-14)17-10-18(13)11-4-6-19-7-5-11/h8-11H,4-7H2,1-3H3. The largest absolute Gasteiger partial charge is 0.381 e. The molecule has 0 N–H and O–H groups in total. The fraction of sp³-hybridized carbons (Fsp3) is 0.600. The maximum Gasteiger partial charge on any atom is 0.107 e. The van der Waals surface area contributed by atoms with Crippen molar-refractivity contribution in [3.05, 3.63) is 24.3 Å². The van der Waals surface area contributed by atoms with Gasteiger partial charge < -0.3 is 9.30 Å². The van der Waals surface area contributed by atoms with Crippen molar-refractivity contribution in [1.82, 2.24) is 14.5 Å². The van der Waals surface area contributed by atoms with E-state index in [1.165, 1.54) is 5.52 Å². The molecule has 4 nitrogen and oxygen atoms in total. The van der Waals surface area contributed by atoms with E-state index in [9.17, 15) is 0 Å². The lowest BCUT2D eigenvalue weighted by atomic mass is 9.91. The van der Waals surface area contributed by atoms with Crippen molar-refractivity contribution in [2.24, 2.45) is 0 Å². The number of imidazole rings is 1. The second-order valence-electron chi connectivity index (χ2n) is 6.30. The van der Waals surface area contributed by atoms with Gasteiger partial charge >= 0.3 is 0 Å². The van der Waals surface area contributed by atoms with E-state index in [-0.39, 0.29) is 5.41 Å². The molecular formula is C15H21N3O. The molecule has 0 spiro atoms. The highest BCUT2D eigenvalue weighted by atomic mass is 16.5. The zero-order valence-corrected chi connectivity index (χ0v) is 11.9. The molecule has 0 amide bonds. The Kier molecular flexibility index (Phi) is 3.05. The van der Waals surface area contributed by atoms with Crippen molar-refractivity contribution in [2.45, 2.75) is 45.1 Å². The van der Waals surface area contributed by atoms with Gasteiger partial charge in [0, 0.05) is 30.4 Å². The van der Waals surface area contributed by atoms with Gasteiger partial charge in [-0.15, -0.1) is 0 Å². The fourth-order valence-electron chi connectivity index (χ4n) is 2.59. The van der Waals surface area contributed by atoms with Crippen LogP contribution in [-0.4, -0.2) is 27.7 Å². The van der Waals surface area contributed by atoms with Crippen LogP contribution in [0.15, 0.2) is 18.6 Å². The summed E-state index contributed by atoms with van der Waals surface area (Å²) in [6.07, 6.45) is 5.98. The number of hydrogen-bond acceptors (Lipinski definition) is 3. The molecule has 0 aromatic carbocycles. The number of ether oxygens (including phenoxy) is 1. The highest BCUT2D eigenvalue weighted by Crippen LogP contribution is 2.28. The van der Waals surface area contributed by atoms with Gasteiger partial charge in [-0.3, -0.25) is 4.98 Å². The molecule has 3 rings (SSSR count). The van der Waals surface area contributed by atoms with Gasteiger partial charge in [0.2, 0.25) is 0 Å². The molecule has 0 bridgehead atoms. The van der Waals surface area contributed by atoms with Crippen LogP contribution in [0.2, 0.25) is 0 Å². The molecule has 0 radical (unpaired) electrons. The number of aromatic nitrogens is 3. The van der Waals surface area contributed by atoms with Gasteiger partial charge in [-0.1, -0.05) is 20.8 Å². The van der Waals surface area contributed by atoms with E-state index < -0.39 is 0 Å². The third kappa shape index (κ3) is 2.37. The van der Waals surface area contributed by atoms with E-state index in [4.69, 9.17) is 4.74 Å². The smallest absolute Gasteiger partial charge is 0.107 e. The predicted molar refractivity (Wildman–Crippen MR) is 75.3 cm³/mol. The van der Waals surface area contributed by atoms with Gasteiger partial charge in [0.1, 0.15) is 5.52 Å². The van der Waals surface area contributed by atoms with Crippen LogP contribution in [0, 0.1) is 0 Å². The first-order valence-electron chi connectivity index (χ1n) is 6.96. The summed E-state index contributed by atoms with van der Waals surface area (Å²) in [4.78, 5) is 9.01. The van der Waals surface area contributed by atoms with E-state index >= 15 is 0 Å². The third-order valence-electron chi connectivity index (χ3n) is 3.81. The Morgan fingerprint density at radius 1 is 1.21 bits per heavy atom. The molecular weight excluding hydrogens is 238 g/mol. The van der Waals surface area contributed by atoms with E-state index in [2.05, 4.69) is 41.4 Å². The van der Waals surface area contributed by atoms with Crippen LogP contribution < -0.4 is 0 Å². The van der Waals surface area contributed by atoms with Crippen molar-refractivity contribution in [2.75, 3.05) is 13.2 Å². The molecule has 1 aliphatic heterocycles. The SMILES string of the molecule is CC(C)(C)c1cc2c(cn1)ncn2C1CCOCC1. The lowest BCUT2D eigenvalue weighted by Gasteiger charge is -2.24. The molecule has 0 atom stereocenters. The number of hydrogen-bond donors (Lipinski definition) is 0. The van der Waals surface area contributed by atoms with Gasteiger partial charge in [-0.05, 0) is 18.9 Å². The lowest BCUT2D eigenvalue weighted by molar-refractivity contribution is 0.0706. The number of pyridine rings is 1. The highest BCUT2D eigenvalue weighted by Gasteiger charge is 2.20. The molecule has 102 valence electrons. The summed E-state index contributed by atoms with van der Waals surface area (Å²) < 4.78 is 7.74. The predicted octanol–water partition coefficient (Wildman–Crippen LogP) is 3.08. The zero-order chi connectivity index (χ0) is 13.5. The molecule has 2 aromatic heterocycles.